The second kappa shape index (κ2) is 7.86. The predicted molar refractivity (Wildman–Crippen MR) is 113 cm³/mol. The van der Waals surface area contributed by atoms with Crippen LogP contribution in [0.15, 0.2) is 34.2 Å². The molecule has 0 bridgehead atoms. The van der Waals surface area contributed by atoms with Gasteiger partial charge in [0.05, 0.1) is 11.4 Å². The molecule has 1 amide bonds. The van der Waals surface area contributed by atoms with Crippen molar-refractivity contribution in [1.82, 2.24) is 15.2 Å². The molecule has 6 heteroatoms. The number of amides is 1. The first-order valence-electron chi connectivity index (χ1n) is 10.1. The molecule has 1 aromatic heterocycles. The highest BCUT2D eigenvalue weighted by molar-refractivity contribution is 6.05. The summed E-state index contributed by atoms with van der Waals surface area (Å²) in [7, 11) is 0. The molecule has 1 N–H and O–H groups in total. The molecule has 1 aliphatic carbocycles. The van der Waals surface area contributed by atoms with Crippen LogP contribution in [0.25, 0.3) is 10.8 Å². The molecule has 0 aliphatic heterocycles. The molecule has 0 saturated heterocycles. The minimum atomic E-state index is -0.379. The van der Waals surface area contributed by atoms with Gasteiger partial charge >= 0.3 is 0 Å². The molecule has 6 nitrogen and oxygen atoms in total. The van der Waals surface area contributed by atoms with Gasteiger partial charge in [-0.1, -0.05) is 39.0 Å². The summed E-state index contributed by atoms with van der Waals surface area (Å²) in [5, 5.41) is 9.75. The van der Waals surface area contributed by atoms with Gasteiger partial charge in [0, 0.05) is 11.1 Å². The second-order valence-corrected chi connectivity index (χ2v) is 9.00. The number of nitrogens with one attached hydrogen (secondary N) is 1. The molecule has 1 fully saturated rings. The summed E-state index contributed by atoms with van der Waals surface area (Å²) >= 11 is 0. The maximum atomic E-state index is 12.8. The number of hydrogen-bond acceptors (Lipinski definition) is 4. The van der Waals surface area contributed by atoms with Crippen molar-refractivity contribution in [3.05, 3.63) is 40.3 Å². The van der Waals surface area contributed by atoms with E-state index in [0.29, 0.717) is 22.1 Å². The summed E-state index contributed by atoms with van der Waals surface area (Å²) in [5.74, 6) is 0.304. The van der Waals surface area contributed by atoms with Crippen LogP contribution in [0.4, 0.5) is 0 Å². The maximum Gasteiger partial charge on any atom is 0.292 e. The minimum absolute atomic E-state index is 0.136. The van der Waals surface area contributed by atoms with Gasteiger partial charge in [0.1, 0.15) is 0 Å². The van der Waals surface area contributed by atoms with Crippen LogP contribution in [0.3, 0.4) is 0 Å². The summed E-state index contributed by atoms with van der Waals surface area (Å²) in [4.78, 5) is 25.4. The van der Waals surface area contributed by atoms with Crippen molar-refractivity contribution in [2.24, 2.45) is 16.4 Å². The molecule has 0 radical (unpaired) electrons. The quantitative estimate of drug-likeness (QED) is 0.804. The Bertz CT molecular complexity index is 957. The third-order valence-corrected chi connectivity index (χ3v) is 5.64. The van der Waals surface area contributed by atoms with Crippen molar-refractivity contribution < 1.29 is 4.79 Å². The largest absolute Gasteiger partial charge is 0.292 e. The van der Waals surface area contributed by atoms with Crippen molar-refractivity contribution in [2.45, 2.75) is 66.3 Å². The lowest BCUT2D eigenvalue weighted by molar-refractivity contribution is 0.0948. The van der Waals surface area contributed by atoms with Crippen LogP contribution in [-0.2, 0) is 0 Å². The summed E-state index contributed by atoms with van der Waals surface area (Å²) in [5.41, 5.74) is 4.05. The van der Waals surface area contributed by atoms with Crippen molar-refractivity contribution >= 4 is 22.4 Å². The third-order valence-electron chi connectivity index (χ3n) is 5.64. The Morgan fingerprint density at radius 2 is 1.79 bits per heavy atom. The van der Waals surface area contributed by atoms with Gasteiger partial charge in [-0.25, -0.2) is 10.1 Å². The van der Waals surface area contributed by atoms with E-state index in [9.17, 15) is 9.59 Å². The molecular formula is C22H30N4O2. The van der Waals surface area contributed by atoms with Crippen LogP contribution in [0.5, 0.6) is 0 Å². The summed E-state index contributed by atoms with van der Waals surface area (Å²) < 4.78 is 1.36. The van der Waals surface area contributed by atoms with Gasteiger partial charge in [0.25, 0.3) is 11.5 Å². The van der Waals surface area contributed by atoms with Gasteiger partial charge in [0.15, 0.2) is 5.69 Å². The monoisotopic (exact) mass is 382 g/mol. The van der Waals surface area contributed by atoms with E-state index in [4.69, 9.17) is 0 Å². The molecule has 2 aromatic rings. The van der Waals surface area contributed by atoms with Crippen LogP contribution >= 0.6 is 0 Å². The van der Waals surface area contributed by atoms with Crippen LogP contribution in [0.1, 0.15) is 76.8 Å². The SMILES string of the molecule is CC(C)n1nc(C(=O)NN=C2CCC(C(C)(C)C)CC2)c2ccccc2c1=O. The first-order valence-corrected chi connectivity index (χ1v) is 10.1. The fraction of sp³-hybridized carbons (Fsp3) is 0.545. The number of rotatable bonds is 3. The van der Waals surface area contributed by atoms with E-state index < -0.39 is 0 Å². The van der Waals surface area contributed by atoms with E-state index >= 15 is 0 Å². The number of hydrazone groups is 1. The number of carbonyl (C=O) groups excluding carboxylic acids is 1. The van der Waals surface area contributed by atoms with Crippen LogP contribution in [-0.4, -0.2) is 21.4 Å². The Labute approximate surface area is 166 Å². The van der Waals surface area contributed by atoms with Crippen LogP contribution in [0, 0.1) is 11.3 Å². The molecule has 1 heterocycles. The van der Waals surface area contributed by atoms with Crippen molar-refractivity contribution in [3.8, 4) is 0 Å². The molecule has 1 aromatic carbocycles. The van der Waals surface area contributed by atoms with E-state index in [1.807, 2.05) is 13.8 Å². The van der Waals surface area contributed by atoms with Crippen LogP contribution in [0.2, 0.25) is 0 Å². The molecular weight excluding hydrogens is 352 g/mol. The lowest BCUT2D eigenvalue weighted by Crippen LogP contribution is -2.31. The van der Waals surface area contributed by atoms with E-state index in [-0.39, 0.29) is 23.2 Å². The Kier molecular flexibility index (Phi) is 5.68. The van der Waals surface area contributed by atoms with E-state index in [1.165, 1.54) is 4.68 Å². The van der Waals surface area contributed by atoms with Crippen molar-refractivity contribution in [3.63, 3.8) is 0 Å². The average Bonchev–Trinajstić information content (AvgIpc) is 2.66. The summed E-state index contributed by atoms with van der Waals surface area (Å²) in [6, 6.07) is 6.95. The fourth-order valence-corrected chi connectivity index (χ4v) is 3.84. The smallest absolute Gasteiger partial charge is 0.267 e. The summed E-state index contributed by atoms with van der Waals surface area (Å²) in [6.07, 6.45) is 4.00. The average molecular weight is 383 g/mol. The standard InChI is InChI=1S/C22H30N4O2/c1-14(2)26-21(28)18-9-7-6-8-17(18)19(25-26)20(27)24-23-16-12-10-15(11-13-16)22(3,4)5/h6-9,14-15H,10-13H2,1-5H3,(H,24,27). The zero-order chi connectivity index (χ0) is 20.5. The Hall–Kier alpha value is -2.50. The zero-order valence-corrected chi connectivity index (χ0v) is 17.5. The van der Waals surface area contributed by atoms with Crippen molar-refractivity contribution in [2.75, 3.05) is 0 Å². The number of fused-ring (bicyclic) bond motifs is 1. The van der Waals surface area contributed by atoms with Crippen molar-refractivity contribution in [1.29, 1.82) is 0 Å². The van der Waals surface area contributed by atoms with E-state index in [2.05, 4.69) is 36.4 Å². The maximum absolute atomic E-state index is 12.8. The molecule has 0 unspecified atom stereocenters. The van der Waals surface area contributed by atoms with Gasteiger partial charge in [-0.3, -0.25) is 9.59 Å². The molecule has 1 aliphatic rings. The van der Waals surface area contributed by atoms with Gasteiger partial charge in [0.2, 0.25) is 0 Å². The molecule has 3 rings (SSSR count). The highest BCUT2D eigenvalue weighted by Crippen LogP contribution is 2.36. The normalized spacial score (nSPS) is 17.8. The highest BCUT2D eigenvalue weighted by atomic mass is 16.2. The second-order valence-electron chi connectivity index (χ2n) is 9.00. The third kappa shape index (κ3) is 4.16. The first-order chi connectivity index (χ1) is 13.2. The van der Waals surface area contributed by atoms with E-state index in [1.54, 1.807) is 24.3 Å². The molecule has 1 saturated carbocycles. The fourth-order valence-electron chi connectivity index (χ4n) is 3.84. The number of carbonyl (C=O) groups is 1. The lowest BCUT2D eigenvalue weighted by atomic mass is 9.72. The molecule has 28 heavy (non-hydrogen) atoms. The van der Waals surface area contributed by atoms with Gasteiger partial charge in [-0.05, 0) is 56.9 Å². The van der Waals surface area contributed by atoms with E-state index in [0.717, 1.165) is 31.4 Å². The van der Waals surface area contributed by atoms with Gasteiger partial charge in [-0.15, -0.1) is 0 Å². The Morgan fingerprint density at radius 3 is 2.36 bits per heavy atom. The zero-order valence-electron chi connectivity index (χ0n) is 17.5. The number of aromatic nitrogens is 2. The molecule has 150 valence electrons. The molecule has 0 spiro atoms. The topological polar surface area (TPSA) is 76.3 Å². The Morgan fingerprint density at radius 1 is 1.18 bits per heavy atom. The Balaban J connectivity index is 1.83. The van der Waals surface area contributed by atoms with Gasteiger partial charge < -0.3 is 0 Å². The number of benzene rings is 1. The predicted octanol–water partition coefficient (Wildman–Crippen LogP) is 4.30. The number of nitrogens with zero attached hydrogens (tertiary/aromatic N) is 3. The number of hydrogen-bond donors (Lipinski definition) is 1. The highest BCUT2D eigenvalue weighted by Gasteiger charge is 2.28. The molecule has 0 atom stereocenters. The lowest BCUT2D eigenvalue weighted by Gasteiger charge is -2.34. The van der Waals surface area contributed by atoms with Gasteiger partial charge in [-0.2, -0.15) is 10.2 Å². The summed E-state index contributed by atoms with van der Waals surface area (Å²) in [6.45, 7) is 10.6. The van der Waals surface area contributed by atoms with Crippen LogP contribution < -0.4 is 11.0 Å². The minimum Gasteiger partial charge on any atom is -0.267 e. The first kappa shape index (κ1) is 20.2.